The summed E-state index contributed by atoms with van der Waals surface area (Å²) in [6.45, 7) is 0.333. The fourth-order valence-electron chi connectivity index (χ4n) is 4.93. The zero-order valence-electron chi connectivity index (χ0n) is 23.5. The van der Waals surface area contributed by atoms with E-state index in [0.29, 0.717) is 24.3 Å². The Kier molecular flexibility index (Phi) is 9.59. The van der Waals surface area contributed by atoms with Crippen LogP contribution in [0.4, 0.5) is 8.78 Å². The number of aliphatic imine (C=N–C) groups is 1. The third-order valence-electron chi connectivity index (χ3n) is 7.05. The lowest BCUT2D eigenvalue weighted by molar-refractivity contribution is -0.129. The van der Waals surface area contributed by atoms with Crippen molar-refractivity contribution >= 4 is 17.9 Å². The van der Waals surface area contributed by atoms with Crippen LogP contribution in [0.1, 0.15) is 41.2 Å². The molecule has 1 aliphatic heterocycles. The van der Waals surface area contributed by atoms with Crippen LogP contribution in [0.25, 0.3) is 6.08 Å². The molecule has 1 heterocycles. The predicted octanol–water partition coefficient (Wildman–Crippen LogP) is 6.40. The molecule has 5 rings (SSSR count). The predicted molar refractivity (Wildman–Crippen MR) is 161 cm³/mol. The number of benzene rings is 4. The van der Waals surface area contributed by atoms with Gasteiger partial charge in [-0.3, -0.25) is 4.79 Å². The number of halogens is 2. The Morgan fingerprint density at radius 1 is 0.953 bits per heavy atom. The molecule has 1 aliphatic rings. The molecule has 0 bridgehead atoms. The van der Waals surface area contributed by atoms with E-state index in [1.165, 1.54) is 12.1 Å². The van der Waals surface area contributed by atoms with Crippen LogP contribution in [0, 0.1) is 11.6 Å². The van der Waals surface area contributed by atoms with Gasteiger partial charge in [0.2, 0.25) is 5.90 Å². The van der Waals surface area contributed by atoms with Gasteiger partial charge in [-0.05, 0) is 53.1 Å². The van der Waals surface area contributed by atoms with Crippen molar-refractivity contribution in [1.29, 1.82) is 0 Å². The molecule has 4 aromatic rings. The lowest BCUT2D eigenvalue weighted by atomic mass is 9.84. The molecule has 2 atom stereocenters. The highest BCUT2D eigenvalue weighted by Crippen LogP contribution is 2.43. The molecular formula is C35H32F2N2O4. The second kappa shape index (κ2) is 13.9. The molecule has 43 heavy (non-hydrogen) atoms. The first-order valence-corrected chi connectivity index (χ1v) is 14.1. The number of aliphatic hydroxyl groups is 1. The molecule has 6 nitrogen and oxygen atoms in total. The molecule has 0 aromatic heterocycles. The summed E-state index contributed by atoms with van der Waals surface area (Å²) in [5.74, 6) is -0.966. The number of ether oxygens (including phenoxy) is 2. The van der Waals surface area contributed by atoms with Crippen molar-refractivity contribution in [1.82, 2.24) is 5.32 Å². The molecule has 0 spiro atoms. The van der Waals surface area contributed by atoms with Gasteiger partial charge < -0.3 is 19.9 Å². The van der Waals surface area contributed by atoms with Gasteiger partial charge in [-0.25, -0.2) is 13.8 Å². The van der Waals surface area contributed by atoms with Gasteiger partial charge in [0.1, 0.15) is 17.4 Å². The molecule has 0 fully saturated rings. The van der Waals surface area contributed by atoms with Crippen LogP contribution in [0.2, 0.25) is 0 Å². The highest BCUT2D eigenvalue weighted by molar-refractivity contribution is 6.01. The van der Waals surface area contributed by atoms with Gasteiger partial charge in [-0.1, -0.05) is 72.8 Å². The summed E-state index contributed by atoms with van der Waals surface area (Å²) >= 11 is 0. The highest BCUT2D eigenvalue weighted by Gasteiger charge is 2.52. The third kappa shape index (κ3) is 7.34. The summed E-state index contributed by atoms with van der Waals surface area (Å²) in [4.78, 5) is 19.1. The number of aliphatic hydroxyl groups excluding tert-OH is 1. The summed E-state index contributed by atoms with van der Waals surface area (Å²) in [5, 5.41) is 11.9. The Labute approximate surface area is 249 Å². The molecule has 0 aliphatic carbocycles. The Morgan fingerprint density at radius 3 is 2.30 bits per heavy atom. The second-order valence-corrected chi connectivity index (χ2v) is 10.2. The maximum absolute atomic E-state index is 14.2. The van der Waals surface area contributed by atoms with Gasteiger partial charge in [0, 0.05) is 37.6 Å². The van der Waals surface area contributed by atoms with Gasteiger partial charge >= 0.3 is 0 Å². The van der Waals surface area contributed by atoms with Gasteiger partial charge in [0.05, 0.1) is 6.61 Å². The van der Waals surface area contributed by atoms with E-state index in [2.05, 4.69) is 5.32 Å². The Bertz CT molecular complexity index is 1560. The Hall–Kier alpha value is -4.82. The minimum atomic E-state index is -1.43. The largest absolute Gasteiger partial charge is 0.494 e. The summed E-state index contributed by atoms with van der Waals surface area (Å²) in [6, 6.07) is 29.4. The highest BCUT2D eigenvalue weighted by atomic mass is 19.1. The van der Waals surface area contributed by atoms with E-state index in [9.17, 15) is 13.6 Å². The van der Waals surface area contributed by atoms with Crippen LogP contribution in [-0.4, -0.2) is 35.7 Å². The van der Waals surface area contributed by atoms with Crippen molar-refractivity contribution in [2.24, 2.45) is 4.99 Å². The fraction of sp³-hybridized carbons (Fsp3) is 0.200. The van der Waals surface area contributed by atoms with Crippen molar-refractivity contribution in [2.75, 3.05) is 13.2 Å². The van der Waals surface area contributed by atoms with Crippen molar-refractivity contribution in [2.45, 2.75) is 31.0 Å². The van der Waals surface area contributed by atoms with E-state index in [1.807, 2.05) is 72.8 Å². The van der Waals surface area contributed by atoms with E-state index in [-0.39, 0.29) is 31.0 Å². The smallest absolute Gasteiger partial charge is 0.252 e. The zero-order valence-corrected chi connectivity index (χ0v) is 23.5. The first-order valence-electron chi connectivity index (χ1n) is 14.1. The van der Waals surface area contributed by atoms with E-state index in [1.54, 1.807) is 24.3 Å². The lowest BCUT2D eigenvalue weighted by Gasteiger charge is -2.29. The number of carbonyl (C=O) groups is 1. The number of hydrogen-bond donors (Lipinski definition) is 2. The molecule has 0 radical (unpaired) electrons. The number of nitrogens with zero attached hydrogens (tertiary/aromatic N) is 1. The molecule has 0 saturated heterocycles. The SMILES string of the molecule is O=C(NCc1cc(F)cc(F)c1)[C@]1(C/C=C/c2ccccc2)N=C(c2ccc(OCCCO)cc2)O[C@@H]1c1ccccc1. The Balaban J connectivity index is 1.51. The van der Waals surface area contributed by atoms with E-state index >= 15 is 0 Å². The number of nitrogens with one attached hydrogen (secondary N) is 1. The van der Waals surface area contributed by atoms with Crippen LogP contribution in [0.5, 0.6) is 5.75 Å². The average molecular weight is 583 g/mol. The van der Waals surface area contributed by atoms with Crippen LogP contribution < -0.4 is 10.1 Å². The van der Waals surface area contributed by atoms with Gasteiger partial charge in [-0.15, -0.1) is 0 Å². The first-order chi connectivity index (χ1) is 21.0. The van der Waals surface area contributed by atoms with Crippen LogP contribution in [-0.2, 0) is 16.1 Å². The summed E-state index contributed by atoms with van der Waals surface area (Å²) in [7, 11) is 0. The van der Waals surface area contributed by atoms with E-state index in [0.717, 1.165) is 17.2 Å². The van der Waals surface area contributed by atoms with Crippen molar-refractivity contribution in [3.05, 3.63) is 143 Å². The summed E-state index contributed by atoms with van der Waals surface area (Å²) in [5.41, 5.74) is 1.24. The van der Waals surface area contributed by atoms with Crippen molar-refractivity contribution in [3.8, 4) is 5.75 Å². The van der Waals surface area contributed by atoms with Gasteiger partial charge in [0.25, 0.3) is 5.91 Å². The van der Waals surface area contributed by atoms with Crippen LogP contribution >= 0.6 is 0 Å². The molecule has 8 heteroatoms. The maximum atomic E-state index is 14.2. The molecule has 4 aromatic carbocycles. The average Bonchev–Trinajstić information content (AvgIpc) is 3.41. The molecule has 1 amide bonds. The molecule has 220 valence electrons. The Morgan fingerprint density at radius 2 is 1.63 bits per heavy atom. The quantitative estimate of drug-likeness (QED) is 0.190. The fourth-order valence-corrected chi connectivity index (χ4v) is 4.93. The summed E-state index contributed by atoms with van der Waals surface area (Å²) in [6.07, 6.45) is 3.74. The topological polar surface area (TPSA) is 80.2 Å². The van der Waals surface area contributed by atoms with Crippen LogP contribution in [0.3, 0.4) is 0 Å². The normalized spacial score (nSPS) is 17.8. The van der Waals surface area contributed by atoms with E-state index in [4.69, 9.17) is 19.6 Å². The first kappa shape index (κ1) is 29.7. The monoisotopic (exact) mass is 582 g/mol. The van der Waals surface area contributed by atoms with Gasteiger partial charge in [-0.2, -0.15) is 0 Å². The van der Waals surface area contributed by atoms with Crippen molar-refractivity contribution < 1.29 is 28.2 Å². The minimum absolute atomic E-state index is 0.0423. The number of carbonyl (C=O) groups excluding carboxylic acids is 1. The lowest BCUT2D eigenvalue weighted by Crippen LogP contribution is -2.47. The van der Waals surface area contributed by atoms with Crippen molar-refractivity contribution in [3.63, 3.8) is 0 Å². The second-order valence-electron chi connectivity index (χ2n) is 10.2. The minimum Gasteiger partial charge on any atom is -0.494 e. The molecule has 0 unspecified atom stereocenters. The molecule has 2 N–H and O–H groups in total. The van der Waals surface area contributed by atoms with Gasteiger partial charge in [0.15, 0.2) is 11.6 Å². The zero-order chi connectivity index (χ0) is 30.1. The molecular weight excluding hydrogens is 550 g/mol. The van der Waals surface area contributed by atoms with Crippen LogP contribution in [0.15, 0.2) is 114 Å². The molecule has 0 saturated carbocycles. The number of hydrogen-bond acceptors (Lipinski definition) is 5. The summed E-state index contributed by atoms with van der Waals surface area (Å²) < 4.78 is 39.9. The number of amides is 1. The standard InChI is InChI=1S/C35H32F2N2O4/c36-29-21-26(22-30(37)23-29)24-38-34(41)35(18-7-11-25-9-3-1-4-10-25)32(27-12-5-2-6-13-27)43-33(39-35)28-14-16-31(17-15-28)42-20-8-19-40/h1-7,9-17,21-23,32,40H,8,18-20,24H2,(H,38,41)/b11-7+/t32-,35-/m1/s1. The van der Waals surface area contributed by atoms with E-state index < -0.39 is 29.2 Å². The maximum Gasteiger partial charge on any atom is 0.252 e. The third-order valence-corrected chi connectivity index (χ3v) is 7.05. The number of rotatable bonds is 12.